The van der Waals surface area contributed by atoms with Crippen LogP contribution in [0.25, 0.3) is 0 Å². The van der Waals surface area contributed by atoms with E-state index in [2.05, 4.69) is 10.1 Å². The lowest BCUT2D eigenvalue weighted by Crippen LogP contribution is -2.09. The first kappa shape index (κ1) is 13.1. The number of nitrogens with zero attached hydrogens (tertiary/aromatic N) is 2. The van der Waals surface area contributed by atoms with Gasteiger partial charge in [-0.1, -0.05) is 12.1 Å². The number of methoxy groups -OCH3 is 1. The SMILES string of the molecule is CCC(N)c1nc(CCOCCOC)no1. The smallest absolute Gasteiger partial charge is 0.243 e. The van der Waals surface area contributed by atoms with Crippen LogP contribution in [0, 0.1) is 0 Å². The van der Waals surface area contributed by atoms with Crippen LogP contribution in [0.1, 0.15) is 31.1 Å². The molecule has 1 unspecified atom stereocenters. The monoisotopic (exact) mass is 229 g/mol. The largest absolute Gasteiger partial charge is 0.382 e. The number of aromatic nitrogens is 2. The number of hydrogen-bond donors (Lipinski definition) is 1. The van der Waals surface area contributed by atoms with Gasteiger partial charge in [-0.15, -0.1) is 0 Å². The highest BCUT2D eigenvalue weighted by Gasteiger charge is 2.12. The van der Waals surface area contributed by atoms with Gasteiger partial charge in [0.2, 0.25) is 5.89 Å². The Morgan fingerprint density at radius 2 is 2.19 bits per heavy atom. The molecule has 0 aromatic carbocycles. The van der Waals surface area contributed by atoms with E-state index in [0.29, 0.717) is 38.0 Å². The van der Waals surface area contributed by atoms with Crippen LogP contribution >= 0.6 is 0 Å². The van der Waals surface area contributed by atoms with Crippen molar-refractivity contribution >= 4 is 0 Å². The van der Waals surface area contributed by atoms with E-state index in [1.165, 1.54) is 0 Å². The minimum absolute atomic E-state index is 0.171. The standard InChI is InChI=1S/C10H19N3O3/c1-3-8(11)10-12-9(13-16-10)4-5-15-7-6-14-2/h8H,3-7,11H2,1-2H3. The Morgan fingerprint density at radius 3 is 2.88 bits per heavy atom. The third kappa shape index (κ3) is 4.26. The third-order valence-corrected chi connectivity index (χ3v) is 2.14. The summed E-state index contributed by atoms with van der Waals surface area (Å²) in [5.41, 5.74) is 5.76. The second kappa shape index (κ2) is 7.32. The number of nitrogens with two attached hydrogens (primary N) is 1. The van der Waals surface area contributed by atoms with Crippen molar-refractivity contribution < 1.29 is 14.0 Å². The topological polar surface area (TPSA) is 83.4 Å². The fourth-order valence-electron chi connectivity index (χ4n) is 1.10. The molecular weight excluding hydrogens is 210 g/mol. The van der Waals surface area contributed by atoms with Gasteiger partial charge < -0.3 is 19.7 Å². The van der Waals surface area contributed by atoms with Crippen LogP contribution in [-0.2, 0) is 15.9 Å². The molecule has 1 atom stereocenters. The number of ether oxygens (including phenoxy) is 2. The lowest BCUT2D eigenvalue weighted by atomic mass is 10.2. The zero-order valence-corrected chi connectivity index (χ0v) is 9.81. The zero-order chi connectivity index (χ0) is 11.8. The van der Waals surface area contributed by atoms with Crippen LogP contribution in [0.3, 0.4) is 0 Å². The average Bonchev–Trinajstić information content (AvgIpc) is 2.76. The molecule has 0 bridgehead atoms. The summed E-state index contributed by atoms with van der Waals surface area (Å²) in [6.45, 7) is 3.71. The fourth-order valence-corrected chi connectivity index (χ4v) is 1.10. The van der Waals surface area contributed by atoms with E-state index in [9.17, 15) is 0 Å². The number of rotatable bonds is 8. The van der Waals surface area contributed by atoms with Gasteiger partial charge in [0.05, 0.1) is 25.9 Å². The fraction of sp³-hybridized carbons (Fsp3) is 0.800. The van der Waals surface area contributed by atoms with Gasteiger partial charge in [0.25, 0.3) is 0 Å². The van der Waals surface area contributed by atoms with Gasteiger partial charge in [0, 0.05) is 13.5 Å². The van der Waals surface area contributed by atoms with E-state index in [1.807, 2.05) is 6.92 Å². The summed E-state index contributed by atoms with van der Waals surface area (Å²) in [6.07, 6.45) is 1.41. The van der Waals surface area contributed by atoms with E-state index >= 15 is 0 Å². The first-order chi connectivity index (χ1) is 7.77. The second-order valence-electron chi connectivity index (χ2n) is 3.42. The minimum atomic E-state index is -0.171. The van der Waals surface area contributed by atoms with Crippen LogP contribution in [0.15, 0.2) is 4.52 Å². The molecule has 0 aliphatic carbocycles. The van der Waals surface area contributed by atoms with Crippen LogP contribution < -0.4 is 5.73 Å². The van der Waals surface area contributed by atoms with Crippen LogP contribution in [-0.4, -0.2) is 37.1 Å². The lowest BCUT2D eigenvalue weighted by Gasteiger charge is -2.00. The summed E-state index contributed by atoms with van der Waals surface area (Å²) in [5.74, 6) is 1.13. The third-order valence-electron chi connectivity index (χ3n) is 2.14. The Morgan fingerprint density at radius 1 is 1.38 bits per heavy atom. The molecule has 6 heteroatoms. The Labute approximate surface area is 95.1 Å². The summed E-state index contributed by atoms with van der Waals surface area (Å²) in [5, 5.41) is 3.83. The maximum absolute atomic E-state index is 5.76. The minimum Gasteiger partial charge on any atom is -0.382 e. The van der Waals surface area contributed by atoms with Crippen molar-refractivity contribution in [3.63, 3.8) is 0 Å². The van der Waals surface area contributed by atoms with E-state index in [1.54, 1.807) is 7.11 Å². The lowest BCUT2D eigenvalue weighted by molar-refractivity contribution is 0.0714. The molecule has 0 aliphatic rings. The molecule has 0 radical (unpaired) electrons. The summed E-state index contributed by atoms with van der Waals surface area (Å²) in [7, 11) is 1.64. The highest BCUT2D eigenvalue weighted by Crippen LogP contribution is 2.10. The first-order valence-corrected chi connectivity index (χ1v) is 5.42. The molecular formula is C10H19N3O3. The normalized spacial score (nSPS) is 12.9. The van der Waals surface area contributed by atoms with Crippen molar-refractivity contribution in [2.45, 2.75) is 25.8 Å². The van der Waals surface area contributed by atoms with Gasteiger partial charge in [-0.05, 0) is 6.42 Å². The highest BCUT2D eigenvalue weighted by molar-refractivity contribution is 4.91. The molecule has 16 heavy (non-hydrogen) atoms. The predicted octanol–water partition coefficient (Wildman–Crippen LogP) is 0.685. The Balaban J connectivity index is 2.24. The Bertz CT molecular complexity index is 291. The molecule has 0 fully saturated rings. The first-order valence-electron chi connectivity index (χ1n) is 5.42. The van der Waals surface area contributed by atoms with Crippen LogP contribution in [0.2, 0.25) is 0 Å². The summed E-state index contributed by atoms with van der Waals surface area (Å²) in [6, 6.07) is -0.171. The van der Waals surface area contributed by atoms with Crippen LogP contribution in [0.4, 0.5) is 0 Å². The predicted molar refractivity (Wildman–Crippen MR) is 57.9 cm³/mol. The van der Waals surface area contributed by atoms with Crippen molar-refractivity contribution in [3.8, 4) is 0 Å². The molecule has 1 aromatic heterocycles. The van der Waals surface area contributed by atoms with E-state index in [0.717, 1.165) is 6.42 Å². The van der Waals surface area contributed by atoms with E-state index in [-0.39, 0.29) is 6.04 Å². The summed E-state index contributed by atoms with van der Waals surface area (Å²) < 4.78 is 15.2. The molecule has 0 saturated carbocycles. The molecule has 0 aliphatic heterocycles. The second-order valence-corrected chi connectivity index (χ2v) is 3.42. The molecule has 2 N–H and O–H groups in total. The van der Waals surface area contributed by atoms with Gasteiger partial charge in [0.15, 0.2) is 5.82 Å². The maximum Gasteiger partial charge on any atom is 0.243 e. The van der Waals surface area contributed by atoms with Crippen molar-refractivity contribution in [2.75, 3.05) is 26.9 Å². The van der Waals surface area contributed by atoms with E-state index < -0.39 is 0 Å². The quantitative estimate of drug-likeness (QED) is 0.660. The van der Waals surface area contributed by atoms with Gasteiger partial charge in [-0.3, -0.25) is 0 Å². The molecule has 0 amide bonds. The van der Waals surface area contributed by atoms with Crippen molar-refractivity contribution in [1.29, 1.82) is 0 Å². The maximum atomic E-state index is 5.76. The van der Waals surface area contributed by atoms with Crippen molar-refractivity contribution in [1.82, 2.24) is 10.1 Å². The highest BCUT2D eigenvalue weighted by atomic mass is 16.5. The number of hydrogen-bond acceptors (Lipinski definition) is 6. The zero-order valence-electron chi connectivity index (χ0n) is 9.81. The summed E-state index contributed by atoms with van der Waals surface area (Å²) >= 11 is 0. The van der Waals surface area contributed by atoms with Gasteiger partial charge >= 0.3 is 0 Å². The van der Waals surface area contributed by atoms with Crippen molar-refractivity contribution in [3.05, 3.63) is 11.7 Å². The molecule has 1 heterocycles. The molecule has 1 rings (SSSR count). The molecule has 6 nitrogen and oxygen atoms in total. The van der Waals surface area contributed by atoms with E-state index in [4.69, 9.17) is 19.7 Å². The van der Waals surface area contributed by atoms with Gasteiger partial charge in [0.1, 0.15) is 0 Å². The molecule has 0 saturated heterocycles. The molecule has 1 aromatic rings. The Kier molecular flexibility index (Phi) is 5.99. The summed E-state index contributed by atoms with van der Waals surface area (Å²) in [4.78, 5) is 4.18. The average molecular weight is 229 g/mol. The van der Waals surface area contributed by atoms with Gasteiger partial charge in [-0.25, -0.2) is 0 Å². The van der Waals surface area contributed by atoms with Gasteiger partial charge in [-0.2, -0.15) is 4.98 Å². The molecule has 92 valence electrons. The molecule has 0 spiro atoms. The van der Waals surface area contributed by atoms with Crippen LogP contribution in [0.5, 0.6) is 0 Å². The Hall–Kier alpha value is -0.980. The van der Waals surface area contributed by atoms with Crippen molar-refractivity contribution in [2.24, 2.45) is 5.73 Å².